The third-order valence-electron chi connectivity index (χ3n) is 1.59. The van der Waals surface area contributed by atoms with E-state index in [-0.39, 0.29) is 12.5 Å². The van der Waals surface area contributed by atoms with Crippen LogP contribution in [0.1, 0.15) is 10.4 Å². The van der Waals surface area contributed by atoms with Crippen LogP contribution in [0.15, 0.2) is 18.2 Å². The molecule has 1 aliphatic rings. The van der Waals surface area contributed by atoms with E-state index in [9.17, 15) is 4.79 Å². The van der Waals surface area contributed by atoms with Crippen molar-refractivity contribution in [2.24, 2.45) is 0 Å². The minimum absolute atomic E-state index is 0.0726. The molecule has 4 heteroatoms. The summed E-state index contributed by atoms with van der Waals surface area (Å²) < 4.78 is 9.57. The van der Waals surface area contributed by atoms with E-state index >= 15 is 0 Å². The van der Waals surface area contributed by atoms with Crippen molar-refractivity contribution >= 4 is 5.97 Å². The zero-order valence-corrected chi connectivity index (χ0v) is 6.11. The van der Waals surface area contributed by atoms with Crippen LogP contribution in [-0.2, 0) is 4.74 Å². The van der Waals surface area contributed by atoms with Crippen LogP contribution in [0.25, 0.3) is 0 Å². The highest BCUT2D eigenvalue weighted by Gasteiger charge is 2.19. The Hall–Kier alpha value is -1.71. The summed E-state index contributed by atoms with van der Waals surface area (Å²) in [7, 11) is 0. The van der Waals surface area contributed by atoms with E-state index in [0.717, 1.165) is 0 Å². The molecule has 62 valence electrons. The highest BCUT2D eigenvalue weighted by molar-refractivity contribution is 5.93. The predicted octanol–water partition coefficient (Wildman–Crippen LogP) is 0.899. The van der Waals surface area contributed by atoms with Crippen molar-refractivity contribution in [1.29, 1.82) is 0 Å². The first-order chi connectivity index (χ1) is 5.77. The van der Waals surface area contributed by atoms with Gasteiger partial charge < -0.3 is 14.6 Å². The molecule has 0 spiro atoms. The fourth-order valence-electron chi connectivity index (χ4n) is 1.02. The van der Waals surface area contributed by atoms with E-state index in [1.54, 1.807) is 0 Å². The first-order valence-corrected chi connectivity index (χ1v) is 3.40. The number of phenols is 1. The number of fused-ring (bicyclic) bond motifs is 1. The van der Waals surface area contributed by atoms with E-state index in [1.165, 1.54) is 18.2 Å². The number of hydrogen-bond acceptors (Lipinski definition) is 4. The first kappa shape index (κ1) is 6.97. The fraction of sp³-hybridized carbons (Fsp3) is 0.125. The van der Waals surface area contributed by atoms with Gasteiger partial charge in [-0.15, -0.1) is 0 Å². The molecule has 12 heavy (non-hydrogen) atoms. The summed E-state index contributed by atoms with van der Waals surface area (Å²) in [5.74, 6) is 0.0194. The van der Waals surface area contributed by atoms with Crippen LogP contribution < -0.4 is 4.74 Å². The van der Waals surface area contributed by atoms with Crippen LogP contribution in [0.3, 0.4) is 0 Å². The highest BCUT2D eigenvalue weighted by atomic mass is 16.7. The number of hydrogen-bond donors (Lipinski definition) is 1. The van der Waals surface area contributed by atoms with Gasteiger partial charge in [-0.2, -0.15) is 0 Å². The van der Waals surface area contributed by atoms with Crippen molar-refractivity contribution in [2.45, 2.75) is 0 Å². The summed E-state index contributed by atoms with van der Waals surface area (Å²) in [6.45, 7) is -0.0880. The van der Waals surface area contributed by atoms with Crippen molar-refractivity contribution in [3.05, 3.63) is 23.8 Å². The molecule has 0 atom stereocenters. The minimum atomic E-state index is -0.420. The van der Waals surface area contributed by atoms with Gasteiger partial charge in [-0.1, -0.05) is 0 Å². The number of carbonyl (C=O) groups excluding carboxylic acids is 1. The predicted molar refractivity (Wildman–Crippen MR) is 39.0 cm³/mol. The Morgan fingerprint density at radius 2 is 2.17 bits per heavy atom. The molecule has 0 unspecified atom stereocenters. The lowest BCUT2D eigenvalue weighted by molar-refractivity contribution is 0.00485. The molecule has 2 rings (SSSR count). The maximum absolute atomic E-state index is 11.0. The lowest BCUT2D eigenvalue weighted by Crippen LogP contribution is -2.18. The minimum Gasteiger partial charge on any atom is -0.508 e. The van der Waals surface area contributed by atoms with Gasteiger partial charge in [0.25, 0.3) is 0 Å². The molecule has 0 aliphatic carbocycles. The van der Waals surface area contributed by atoms with Gasteiger partial charge in [0.1, 0.15) is 17.1 Å². The van der Waals surface area contributed by atoms with Crippen molar-refractivity contribution in [2.75, 3.05) is 6.79 Å². The van der Waals surface area contributed by atoms with Gasteiger partial charge in [0.05, 0.1) is 0 Å². The van der Waals surface area contributed by atoms with Crippen LogP contribution in [-0.4, -0.2) is 17.9 Å². The maximum Gasteiger partial charge on any atom is 0.344 e. The number of phenolic OH excluding ortho intramolecular Hbond substituents is 1. The molecule has 1 aliphatic heterocycles. The number of benzene rings is 1. The number of aromatic hydroxyl groups is 1. The lowest BCUT2D eigenvalue weighted by Gasteiger charge is -2.16. The number of rotatable bonds is 0. The standard InChI is InChI=1S/C8H6O4/c9-5-1-2-6-7(3-5)11-4-12-8(6)10/h1-3,9H,4H2. The Morgan fingerprint density at radius 3 is 3.00 bits per heavy atom. The maximum atomic E-state index is 11.0. The monoisotopic (exact) mass is 166 g/mol. The second kappa shape index (κ2) is 2.41. The summed E-state index contributed by atoms with van der Waals surface area (Å²) in [6, 6.07) is 4.26. The Bertz CT molecular complexity index is 332. The quantitative estimate of drug-likeness (QED) is 0.582. The Labute approximate surface area is 68.3 Å². The molecule has 1 aromatic carbocycles. The topological polar surface area (TPSA) is 55.8 Å². The summed E-state index contributed by atoms with van der Waals surface area (Å²) in [6.07, 6.45) is 0. The summed E-state index contributed by atoms with van der Waals surface area (Å²) in [5, 5.41) is 9.04. The van der Waals surface area contributed by atoms with Crippen LogP contribution in [0.5, 0.6) is 11.5 Å². The Balaban J connectivity index is 2.53. The second-order valence-corrected chi connectivity index (χ2v) is 2.37. The van der Waals surface area contributed by atoms with Gasteiger partial charge in [-0.3, -0.25) is 0 Å². The molecule has 0 amide bonds. The van der Waals surface area contributed by atoms with Gasteiger partial charge in [0, 0.05) is 6.07 Å². The zero-order valence-electron chi connectivity index (χ0n) is 6.11. The van der Waals surface area contributed by atoms with E-state index in [4.69, 9.17) is 9.84 Å². The second-order valence-electron chi connectivity index (χ2n) is 2.37. The molecule has 0 saturated carbocycles. The van der Waals surface area contributed by atoms with E-state index in [0.29, 0.717) is 11.3 Å². The van der Waals surface area contributed by atoms with Crippen molar-refractivity contribution in [3.8, 4) is 11.5 Å². The van der Waals surface area contributed by atoms with Crippen LogP contribution in [0.4, 0.5) is 0 Å². The number of cyclic esters (lactones) is 1. The third-order valence-corrected chi connectivity index (χ3v) is 1.59. The smallest absolute Gasteiger partial charge is 0.344 e. The van der Waals surface area contributed by atoms with E-state index < -0.39 is 5.97 Å². The normalized spacial score (nSPS) is 14.5. The van der Waals surface area contributed by atoms with Crippen LogP contribution in [0.2, 0.25) is 0 Å². The molecule has 0 bridgehead atoms. The van der Waals surface area contributed by atoms with Crippen LogP contribution >= 0.6 is 0 Å². The van der Waals surface area contributed by atoms with Crippen molar-refractivity contribution < 1.29 is 19.4 Å². The van der Waals surface area contributed by atoms with Crippen molar-refractivity contribution in [1.82, 2.24) is 0 Å². The molecule has 0 radical (unpaired) electrons. The van der Waals surface area contributed by atoms with Gasteiger partial charge in [0.2, 0.25) is 6.79 Å². The fourth-order valence-corrected chi connectivity index (χ4v) is 1.02. The van der Waals surface area contributed by atoms with Gasteiger partial charge in [-0.05, 0) is 12.1 Å². The average Bonchev–Trinajstić information content (AvgIpc) is 2.04. The van der Waals surface area contributed by atoms with E-state index in [1.807, 2.05) is 0 Å². The third kappa shape index (κ3) is 0.972. The van der Waals surface area contributed by atoms with Gasteiger partial charge >= 0.3 is 5.97 Å². The summed E-state index contributed by atoms with van der Waals surface area (Å²) in [5.41, 5.74) is 0.346. The molecule has 4 nitrogen and oxygen atoms in total. The Kier molecular flexibility index (Phi) is 1.40. The van der Waals surface area contributed by atoms with Crippen LogP contribution in [0, 0.1) is 0 Å². The van der Waals surface area contributed by atoms with Crippen molar-refractivity contribution in [3.63, 3.8) is 0 Å². The lowest BCUT2D eigenvalue weighted by atomic mass is 10.2. The first-order valence-electron chi connectivity index (χ1n) is 3.40. The number of esters is 1. The summed E-state index contributed by atoms with van der Waals surface area (Å²) >= 11 is 0. The highest BCUT2D eigenvalue weighted by Crippen LogP contribution is 2.27. The Morgan fingerprint density at radius 1 is 1.33 bits per heavy atom. The zero-order chi connectivity index (χ0) is 8.55. The van der Waals surface area contributed by atoms with E-state index in [2.05, 4.69) is 4.74 Å². The number of carbonyl (C=O) groups is 1. The molecule has 1 heterocycles. The van der Waals surface area contributed by atoms with Gasteiger partial charge in [-0.25, -0.2) is 4.79 Å². The summed E-state index contributed by atoms with van der Waals surface area (Å²) in [4.78, 5) is 11.0. The SMILES string of the molecule is O=C1OCOc2cc(O)ccc21. The molecule has 0 aromatic heterocycles. The molecule has 0 saturated heterocycles. The molecule has 0 fully saturated rings. The largest absolute Gasteiger partial charge is 0.508 e. The number of ether oxygens (including phenoxy) is 2. The average molecular weight is 166 g/mol. The van der Waals surface area contributed by atoms with Gasteiger partial charge in [0.15, 0.2) is 0 Å². The molecular formula is C8H6O4. The molecule has 1 aromatic rings. The molecular weight excluding hydrogens is 160 g/mol. The molecule has 1 N–H and O–H groups in total.